The lowest BCUT2D eigenvalue weighted by molar-refractivity contribution is 0.0162. The largest absolute Gasteiger partial charge is 0.462 e. The summed E-state index contributed by atoms with van der Waals surface area (Å²) in [5.41, 5.74) is 3.49. The number of aromatic nitrogens is 1. The van der Waals surface area contributed by atoms with Gasteiger partial charge >= 0.3 is 5.97 Å². The van der Waals surface area contributed by atoms with Gasteiger partial charge in [-0.1, -0.05) is 29.8 Å². The predicted molar refractivity (Wildman–Crippen MR) is 114 cm³/mol. The second-order valence-corrected chi connectivity index (χ2v) is 7.33. The van der Waals surface area contributed by atoms with E-state index < -0.39 is 5.97 Å². The molecule has 1 unspecified atom stereocenters. The third-order valence-electron chi connectivity index (χ3n) is 5.22. The van der Waals surface area contributed by atoms with Crippen LogP contribution in [0.5, 0.6) is 0 Å². The highest BCUT2D eigenvalue weighted by molar-refractivity contribution is 5.95. The zero-order chi connectivity index (χ0) is 21.5. The van der Waals surface area contributed by atoms with E-state index in [-0.39, 0.29) is 17.6 Å². The molecule has 3 rings (SSSR count). The first kappa shape index (κ1) is 21.9. The molecule has 7 nitrogen and oxygen atoms in total. The molecule has 0 aliphatic carbocycles. The molecule has 1 atom stereocenters. The average molecular weight is 412 g/mol. The maximum Gasteiger partial charge on any atom is 0.339 e. The molecule has 1 saturated heterocycles. The van der Waals surface area contributed by atoms with Crippen LogP contribution in [0.15, 0.2) is 36.4 Å². The second-order valence-electron chi connectivity index (χ2n) is 7.33. The van der Waals surface area contributed by atoms with Crippen molar-refractivity contribution in [2.24, 2.45) is 0 Å². The van der Waals surface area contributed by atoms with Gasteiger partial charge in [0, 0.05) is 19.6 Å². The molecule has 1 amide bonds. The first-order valence-corrected chi connectivity index (χ1v) is 10.3. The number of hydrogen-bond acceptors (Lipinski definition) is 6. The van der Waals surface area contributed by atoms with E-state index in [9.17, 15) is 9.59 Å². The first-order valence-electron chi connectivity index (χ1n) is 10.3. The van der Waals surface area contributed by atoms with Crippen LogP contribution in [0.2, 0.25) is 0 Å². The fourth-order valence-electron chi connectivity index (χ4n) is 3.53. The summed E-state index contributed by atoms with van der Waals surface area (Å²) in [6.07, 6.45) is 0. The Morgan fingerprint density at radius 2 is 1.83 bits per heavy atom. The van der Waals surface area contributed by atoms with Gasteiger partial charge in [-0.3, -0.25) is 9.69 Å². The molecule has 30 heavy (non-hydrogen) atoms. The molecule has 0 saturated carbocycles. The Balaban J connectivity index is 1.71. The predicted octanol–water partition coefficient (Wildman–Crippen LogP) is 2.68. The van der Waals surface area contributed by atoms with Crippen LogP contribution in [0, 0.1) is 13.8 Å². The highest BCUT2D eigenvalue weighted by atomic mass is 16.5. The Labute approximate surface area is 177 Å². The first-order chi connectivity index (χ1) is 14.5. The minimum Gasteiger partial charge on any atom is -0.462 e. The quantitative estimate of drug-likeness (QED) is 0.706. The van der Waals surface area contributed by atoms with Gasteiger partial charge in [-0.25, -0.2) is 9.78 Å². The maximum atomic E-state index is 12.7. The number of esters is 1. The van der Waals surface area contributed by atoms with Crippen molar-refractivity contribution in [2.45, 2.75) is 26.8 Å². The highest BCUT2D eigenvalue weighted by Gasteiger charge is 2.24. The maximum absolute atomic E-state index is 12.7. The van der Waals surface area contributed by atoms with Crippen LogP contribution in [0.25, 0.3) is 0 Å². The third kappa shape index (κ3) is 5.43. The van der Waals surface area contributed by atoms with Gasteiger partial charge in [-0.15, -0.1) is 0 Å². The standard InChI is InChI=1S/C23H29N3O4/c1-4-30-23(28)19-9-10-20(25-17(19)3)22(27)24-15-21(26-11-13-29-14-12-26)18-7-5-16(2)6-8-18/h5-10,21H,4,11-15H2,1-3H3,(H,24,27). The minimum atomic E-state index is -0.429. The van der Waals surface area contributed by atoms with E-state index in [1.807, 2.05) is 0 Å². The van der Waals surface area contributed by atoms with E-state index in [1.165, 1.54) is 5.56 Å². The lowest BCUT2D eigenvalue weighted by Gasteiger charge is -2.35. The van der Waals surface area contributed by atoms with E-state index in [0.29, 0.717) is 37.6 Å². The summed E-state index contributed by atoms with van der Waals surface area (Å²) < 4.78 is 10.5. The van der Waals surface area contributed by atoms with Gasteiger partial charge < -0.3 is 14.8 Å². The molecule has 1 aliphatic heterocycles. The molecule has 1 N–H and O–H groups in total. The number of nitrogens with zero attached hydrogens (tertiary/aromatic N) is 2. The topological polar surface area (TPSA) is 80.8 Å². The molecule has 160 valence electrons. The monoisotopic (exact) mass is 411 g/mol. The molecule has 0 spiro atoms. The Morgan fingerprint density at radius 3 is 2.47 bits per heavy atom. The number of hydrogen-bond donors (Lipinski definition) is 1. The van der Waals surface area contributed by atoms with Crippen molar-refractivity contribution in [1.29, 1.82) is 0 Å². The van der Waals surface area contributed by atoms with Crippen molar-refractivity contribution in [2.75, 3.05) is 39.5 Å². The van der Waals surface area contributed by atoms with Crippen molar-refractivity contribution in [3.63, 3.8) is 0 Å². The summed E-state index contributed by atoms with van der Waals surface area (Å²) in [6.45, 7) is 9.28. The van der Waals surface area contributed by atoms with Gasteiger partial charge in [0.1, 0.15) is 5.69 Å². The number of nitrogens with one attached hydrogen (secondary N) is 1. The highest BCUT2D eigenvalue weighted by Crippen LogP contribution is 2.22. The van der Waals surface area contributed by atoms with Crippen LogP contribution in [0.1, 0.15) is 50.6 Å². The number of pyridine rings is 1. The summed E-state index contributed by atoms with van der Waals surface area (Å²) in [5, 5.41) is 3.01. The van der Waals surface area contributed by atoms with E-state index in [0.717, 1.165) is 18.7 Å². The van der Waals surface area contributed by atoms with E-state index in [1.54, 1.807) is 26.0 Å². The number of benzene rings is 1. The molecule has 1 aliphatic rings. The molecular formula is C23H29N3O4. The van der Waals surface area contributed by atoms with Crippen molar-refractivity contribution in [3.8, 4) is 0 Å². The van der Waals surface area contributed by atoms with Crippen LogP contribution in [-0.2, 0) is 9.47 Å². The summed E-state index contributed by atoms with van der Waals surface area (Å²) in [4.78, 5) is 31.3. The third-order valence-corrected chi connectivity index (χ3v) is 5.22. The van der Waals surface area contributed by atoms with Gasteiger partial charge in [-0.05, 0) is 38.5 Å². The van der Waals surface area contributed by atoms with Crippen LogP contribution in [0.4, 0.5) is 0 Å². The van der Waals surface area contributed by atoms with Crippen LogP contribution >= 0.6 is 0 Å². The van der Waals surface area contributed by atoms with E-state index in [2.05, 4.69) is 46.4 Å². The Hall–Kier alpha value is -2.77. The summed E-state index contributed by atoms with van der Waals surface area (Å²) in [6, 6.07) is 11.6. The molecule has 2 aromatic rings. The number of carbonyl (C=O) groups is 2. The van der Waals surface area contributed by atoms with E-state index >= 15 is 0 Å². The van der Waals surface area contributed by atoms with Gasteiger partial charge in [-0.2, -0.15) is 0 Å². The van der Waals surface area contributed by atoms with Crippen molar-refractivity contribution in [3.05, 3.63) is 64.5 Å². The number of ether oxygens (including phenoxy) is 2. The molecule has 0 bridgehead atoms. The van der Waals surface area contributed by atoms with Crippen molar-refractivity contribution < 1.29 is 19.1 Å². The molecule has 0 radical (unpaired) electrons. The molecule has 1 aromatic heterocycles. The van der Waals surface area contributed by atoms with Crippen molar-refractivity contribution in [1.82, 2.24) is 15.2 Å². The summed E-state index contributed by atoms with van der Waals surface area (Å²) in [7, 11) is 0. The van der Waals surface area contributed by atoms with E-state index in [4.69, 9.17) is 9.47 Å². The van der Waals surface area contributed by atoms with Gasteiger partial charge in [0.05, 0.1) is 37.1 Å². The minimum absolute atomic E-state index is 0.0540. The fourth-order valence-corrected chi connectivity index (χ4v) is 3.53. The number of carbonyl (C=O) groups excluding carboxylic acids is 2. The number of rotatable bonds is 7. The Kier molecular flexibility index (Phi) is 7.54. The van der Waals surface area contributed by atoms with Gasteiger partial charge in [0.15, 0.2) is 0 Å². The van der Waals surface area contributed by atoms with Crippen LogP contribution in [-0.4, -0.2) is 61.2 Å². The van der Waals surface area contributed by atoms with Crippen LogP contribution in [0.3, 0.4) is 0 Å². The number of amides is 1. The number of aryl methyl sites for hydroxylation is 2. The smallest absolute Gasteiger partial charge is 0.339 e. The molecular weight excluding hydrogens is 382 g/mol. The Morgan fingerprint density at radius 1 is 1.13 bits per heavy atom. The zero-order valence-corrected chi connectivity index (χ0v) is 17.8. The molecule has 1 aromatic carbocycles. The lowest BCUT2D eigenvalue weighted by atomic mass is 10.0. The Bertz CT molecular complexity index is 877. The lowest BCUT2D eigenvalue weighted by Crippen LogP contribution is -2.44. The molecule has 2 heterocycles. The average Bonchev–Trinajstić information content (AvgIpc) is 2.75. The number of morpholine rings is 1. The fraction of sp³-hybridized carbons (Fsp3) is 0.435. The molecule has 1 fully saturated rings. The van der Waals surface area contributed by atoms with Gasteiger partial charge in [0.25, 0.3) is 5.91 Å². The SMILES string of the molecule is CCOC(=O)c1ccc(C(=O)NCC(c2ccc(C)cc2)N2CCOCC2)nc1C. The zero-order valence-electron chi connectivity index (χ0n) is 17.8. The van der Waals surface area contributed by atoms with Crippen LogP contribution < -0.4 is 5.32 Å². The van der Waals surface area contributed by atoms with Crippen molar-refractivity contribution >= 4 is 11.9 Å². The normalized spacial score (nSPS) is 15.4. The molecule has 7 heteroatoms. The van der Waals surface area contributed by atoms with Gasteiger partial charge in [0.2, 0.25) is 0 Å². The summed E-state index contributed by atoms with van der Waals surface area (Å²) >= 11 is 0. The second kappa shape index (κ2) is 10.3. The summed E-state index contributed by atoms with van der Waals surface area (Å²) in [5.74, 6) is -0.694.